The molecule has 1 saturated heterocycles. The van der Waals surface area contributed by atoms with Crippen molar-refractivity contribution in [1.82, 2.24) is 0 Å². The van der Waals surface area contributed by atoms with E-state index in [9.17, 15) is 8.42 Å². The molecule has 0 bridgehead atoms. The minimum absolute atomic E-state index is 0.00377. The molecule has 0 radical (unpaired) electrons. The molecule has 1 unspecified atom stereocenters. The smallest absolute Gasteiger partial charge is 0.178 e. The molecule has 1 fully saturated rings. The van der Waals surface area contributed by atoms with Crippen molar-refractivity contribution in [2.75, 3.05) is 12.9 Å². The molecular formula is C15H18O4S. The molecular weight excluding hydrogens is 276 g/mol. The van der Waals surface area contributed by atoms with E-state index in [4.69, 9.17) is 9.47 Å². The summed E-state index contributed by atoms with van der Waals surface area (Å²) in [5, 5.41) is 0. The van der Waals surface area contributed by atoms with E-state index in [1.54, 1.807) is 31.4 Å². The Bertz CT molecular complexity index is 594. The summed E-state index contributed by atoms with van der Waals surface area (Å²) < 4.78 is 35.7. The average molecular weight is 294 g/mol. The van der Waals surface area contributed by atoms with Crippen molar-refractivity contribution in [3.05, 3.63) is 42.5 Å². The first-order chi connectivity index (χ1) is 9.60. The molecule has 4 atom stereocenters. The number of ether oxygens (including phenoxy) is 2. The van der Waals surface area contributed by atoms with Gasteiger partial charge in [0, 0.05) is 19.4 Å². The van der Waals surface area contributed by atoms with Crippen LogP contribution in [0.15, 0.2) is 47.4 Å². The van der Waals surface area contributed by atoms with Gasteiger partial charge >= 0.3 is 0 Å². The van der Waals surface area contributed by atoms with Gasteiger partial charge in [0.05, 0.1) is 16.8 Å². The van der Waals surface area contributed by atoms with Crippen LogP contribution in [0.25, 0.3) is 0 Å². The van der Waals surface area contributed by atoms with Gasteiger partial charge < -0.3 is 9.47 Å². The van der Waals surface area contributed by atoms with E-state index >= 15 is 0 Å². The van der Waals surface area contributed by atoms with Crippen LogP contribution in [-0.2, 0) is 19.3 Å². The molecule has 3 rings (SSSR count). The maximum atomic E-state index is 12.4. The fraction of sp³-hybridized carbons (Fsp3) is 0.467. The minimum Gasteiger partial charge on any atom is -0.356 e. The summed E-state index contributed by atoms with van der Waals surface area (Å²) in [4.78, 5) is 0.388. The third-order valence-corrected chi connectivity index (χ3v) is 5.88. The van der Waals surface area contributed by atoms with Gasteiger partial charge in [-0.3, -0.25) is 0 Å². The van der Waals surface area contributed by atoms with E-state index in [0.717, 1.165) is 6.42 Å². The lowest BCUT2D eigenvalue weighted by Gasteiger charge is -2.17. The Morgan fingerprint density at radius 1 is 1.25 bits per heavy atom. The van der Waals surface area contributed by atoms with E-state index in [0.29, 0.717) is 4.90 Å². The summed E-state index contributed by atoms with van der Waals surface area (Å²) in [6, 6.07) is 8.61. The van der Waals surface area contributed by atoms with E-state index in [1.165, 1.54) is 0 Å². The lowest BCUT2D eigenvalue weighted by Crippen LogP contribution is -2.23. The third-order valence-electron chi connectivity index (χ3n) is 4.07. The van der Waals surface area contributed by atoms with Gasteiger partial charge in [0.2, 0.25) is 0 Å². The molecule has 5 heteroatoms. The molecule has 1 aliphatic carbocycles. The van der Waals surface area contributed by atoms with Gasteiger partial charge in [0.25, 0.3) is 0 Å². The first-order valence-corrected chi connectivity index (χ1v) is 8.40. The van der Waals surface area contributed by atoms with Crippen LogP contribution >= 0.6 is 0 Å². The van der Waals surface area contributed by atoms with Gasteiger partial charge in [-0.25, -0.2) is 8.42 Å². The molecule has 2 aliphatic rings. The van der Waals surface area contributed by atoms with Crippen molar-refractivity contribution in [3.8, 4) is 0 Å². The number of rotatable bonds is 4. The number of methoxy groups -OCH3 is 1. The van der Waals surface area contributed by atoms with Gasteiger partial charge in [0.1, 0.15) is 0 Å². The molecule has 20 heavy (non-hydrogen) atoms. The summed E-state index contributed by atoms with van der Waals surface area (Å²) in [6.07, 6.45) is 4.48. The highest BCUT2D eigenvalue weighted by Gasteiger charge is 2.42. The summed E-state index contributed by atoms with van der Waals surface area (Å²) in [6.45, 7) is 0. The number of hydrogen-bond acceptors (Lipinski definition) is 4. The quantitative estimate of drug-likeness (QED) is 0.797. The van der Waals surface area contributed by atoms with Crippen LogP contribution in [0.1, 0.15) is 6.42 Å². The largest absolute Gasteiger partial charge is 0.356 e. The molecule has 108 valence electrons. The Morgan fingerprint density at radius 3 is 2.70 bits per heavy atom. The van der Waals surface area contributed by atoms with E-state index in [-0.39, 0.29) is 30.0 Å². The van der Waals surface area contributed by atoms with Crippen molar-refractivity contribution in [1.29, 1.82) is 0 Å². The Kier molecular flexibility index (Phi) is 3.67. The SMILES string of the molecule is COC1C[C@H]2[C@@H](CS(=O)(=O)c3ccccc3)C=C[C@H]2O1. The normalized spacial score (nSPS) is 32.5. The first-order valence-electron chi connectivity index (χ1n) is 6.74. The summed E-state index contributed by atoms with van der Waals surface area (Å²) >= 11 is 0. The second kappa shape index (κ2) is 5.31. The summed E-state index contributed by atoms with van der Waals surface area (Å²) in [7, 11) is -1.64. The molecule has 0 saturated carbocycles. The predicted molar refractivity (Wildman–Crippen MR) is 74.9 cm³/mol. The van der Waals surface area contributed by atoms with Crippen molar-refractivity contribution < 1.29 is 17.9 Å². The van der Waals surface area contributed by atoms with Crippen LogP contribution in [0.4, 0.5) is 0 Å². The second-order valence-electron chi connectivity index (χ2n) is 5.31. The zero-order valence-electron chi connectivity index (χ0n) is 11.3. The van der Waals surface area contributed by atoms with E-state index in [1.807, 2.05) is 18.2 Å². The van der Waals surface area contributed by atoms with Gasteiger partial charge in [-0.1, -0.05) is 30.4 Å². The van der Waals surface area contributed by atoms with E-state index < -0.39 is 9.84 Å². The average Bonchev–Trinajstić information content (AvgIpc) is 3.01. The molecule has 1 heterocycles. The zero-order valence-corrected chi connectivity index (χ0v) is 12.1. The molecule has 4 nitrogen and oxygen atoms in total. The highest BCUT2D eigenvalue weighted by atomic mass is 32.2. The van der Waals surface area contributed by atoms with Gasteiger partial charge in [-0.15, -0.1) is 0 Å². The lowest BCUT2D eigenvalue weighted by atomic mass is 9.94. The highest BCUT2D eigenvalue weighted by molar-refractivity contribution is 7.91. The second-order valence-corrected chi connectivity index (χ2v) is 7.34. The Balaban J connectivity index is 1.74. The van der Waals surface area contributed by atoms with Crippen LogP contribution in [0, 0.1) is 11.8 Å². The lowest BCUT2D eigenvalue weighted by molar-refractivity contribution is -0.104. The van der Waals surface area contributed by atoms with Crippen LogP contribution in [0.2, 0.25) is 0 Å². The summed E-state index contributed by atoms with van der Waals surface area (Å²) in [5.41, 5.74) is 0. The number of fused-ring (bicyclic) bond motifs is 1. The van der Waals surface area contributed by atoms with Gasteiger partial charge in [0.15, 0.2) is 16.1 Å². The number of hydrogen-bond donors (Lipinski definition) is 0. The molecule has 1 aliphatic heterocycles. The number of benzene rings is 1. The van der Waals surface area contributed by atoms with Crippen LogP contribution in [0.3, 0.4) is 0 Å². The molecule has 1 aromatic carbocycles. The fourth-order valence-corrected chi connectivity index (χ4v) is 4.63. The Labute approximate surface area is 119 Å². The summed E-state index contributed by atoms with van der Waals surface area (Å²) in [5.74, 6) is 0.345. The first kappa shape index (κ1) is 13.8. The topological polar surface area (TPSA) is 52.6 Å². The third kappa shape index (κ3) is 2.53. The molecule has 0 aromatic heterocycles. The van der Waals surface area contributed by atoms with Crippen molar-refractivity contribution >= 4 is 9.84 Å². The maximum absolute atomic E-state index is 12.4. The number of sulfone groups is 1. The molecule has 1 aromatic rings. The van der Waals surface area contributed by atoms with Crippen LogP contribution < -0.4 is 0 Å². The zero-order chi connectivity index (χ0) is 14.2. The van der Waals surface area contributed by atoms with Crippen molar-refractivity contribution in [2.24, 2.45) is 11.8 Å². The van der Waals surface area contributed by atoms with Crippen LogP contribution in [-0.4, -0.2) is 33.7 Å². The van der Waals surface area contributed by atoms with E-state index in [2.05, 4.69) is 0 Å². The Hall–Kier alpha value is -1.17. The van der Waals surface area contributed by atoms with Crippen molar-refractivity contribution in [2.45, 2.75) is 23.7 Å². The molecule has 0 N–H and O–H groups in total. The van der Waals surface area contributed by atoms with Gasteiger partial charge in [-0.05, 0) is 18.1 Å². The number of allylic oxidation sites excluding steroid dienone is 1. The van der Waals surface area contributed by atoms with Crippen LogP contribution in [0.5, 0.6) is 0 Å². The maximum Gasteiger partial charge on any atom is 0.178 e. The minimum atomic E-state index is -3.25. The molecule has 0 amide bonds. The predicted octanol–water partition coefficient (Wildman–Crippen LogP) is 2.02. The fourth-order valence-electron chi connectivity index (χ4n) is 3.00. The monoisotopic (exact) mass is 294 g/mol. The Morgan fingerprint density at radius 2 is 2.00 bits per heavy atom. The highest BCUT2D eigenvalue weighted by Crippen LogP contribution is 2.40. The standard InChI is InChI=1S/C15H18O4S/c1-18-15-9-13-11(7-8-14(13)19-15)10-20(16,17)12-5-3-2-4-6-12/h2-8,11,13-15H,9-10H2,1H3/t11-,13+,14-,15?/m1/s1. The van der Waals surface area contributed by atoms with Gasteiger partial charge in [-0.2, -0.15) is 0 Å². The molecule has 0 spiro atoms. The van der Waals surface area contributed by atoms with Crippen molar-refractivity contribution in [3.63, 3.8) is 0 Å².